The fraction of sp³-hybridized carbons (Fsp3) is 0.100. The van der Waals surface area contributed by atoms with Crippen molar-refractivity contribution in [3.8, 4) is 5.75 Å². The van der Waals surface area contributed by atoms with Crippen molar-refractivity contribution in [2.45, 2.75) is 6.92 Å². The number of nitrogens with zero attached hydrogens (tertiary/aromatic N) is 1. The number of rotatable bonds is 5. The van der Waals surface area contributed by atoms with Crippen LogP contribution in [0.4, 0.5) is 10.5 Å². The molecule has 1 fully saturated rings. The topological polar surface area (TPSA) is 113 Å². The number of hydrogen-bond donors (Lipinski definition) is 2. The number of anilines is 1. The van der Waals surface area contributed by atoms with E-state index in [1.54, 1.807) is 36.4 Å². The minimum atomic E-state index is -1.12. The number of nitrogens with one attached hydrogen (secondary N) is 1. The highest BCUT2D eigenvalue weighted by molar-refractivity contribution is 14.1. The highest BCUT2D eigenvalue weighted by Crippen LogP contribution is 2.33. The molecule has 1 aliphatic rings. The van der Waals surface area contributed by atoms with Gasteiger partial charge in [-0.25, -0.2) is 14.5 Å². The van der Waals surface area contributed by atoms with Gasteiger partial charge < -0.3 is 9.84 Å². The summed E-state index contributed by atoms with van der Waals surface area (Å²) in [5.41, 5.74) is 1.58. The lowest BCUT2D eigenvalue weighted by atomic mass is 10.1. The van der Waals surface area contributed by atoms with Gasteiger partial charge >= 0.3 is 12.0 Å². The van der Waals surface area contributed by atoms with E-state index in [0.29, 0.717) is 25.0 Å². The largest absolute Gasteiger partial charge is 0.480 e. The molecule has 0 bridgehead atoms. The zero-order valence-corrected chi connectivity index (χ0v) is 19.2. The van der Waals surface area contributed by atoms with E-state index in [-0.39, 0.29) is 5.57 Å². The highest BCUT2D eigenvalue weighted by Gasteiger charge is 2.36. The zero-order valence-electron chi connectivity index (χ0n) is 15.4. The Hall–Kier alpha value is -2.73. The molecule has 3 rings (SSSR count). The third-order valence-corrected chi connectivity index (χ3v) is 5.46. The van der Waals surface area contributed by atoms with Gasteiger partial charge in [0.15, 0.2) is 6.61 Å². The highest BCUT2D eigenvalue weighted by atomic mass is 127. The Morgan fingerprint density at radius 3 is 2.50 bits per heavy atom. The number of ether oxygens (including phenoxy) is 1. The number of barbiturate groups is 1. The van der Waals surface area contributed by atoms with Gasteiger partial charge in [-0.15, -0.1) is 0 Å². The molecule has 0 atom stereocenters. The molecule has 8 nitrogen and oxygen atoms in total. The van der Waals surface area contributed by atoms with Crippen molar-refractivity contribution in [2.75, 3.05) is 11.5 Å². The van der Waals surface area contributed by atoms with Crippen molar-refractivity contribution in [2.24, 2.45) is 0 Å². The minimum Gasteiger partial charge on any atom is -0.480 e. The molecule has 0 saturated carbocycles. The lowest BCUT2D eigenvalue weighted by molar-refractivity contribution is -0.139. The fourth-order valence-corrected chi connectivity index (χ4v) is 4.46. The Morgan fingerprint density at radius 1 is 1.23 bits per heavy atom. The van der Waals surface area contributed by atoms with Gasteiger partial charge in [0.2, 0.25) is 0 Å². The Morgan fingerprint density at radius 2 is 1.90 bits per heavy atom. The molecule has 30 heavy (non-hydrogen) atoms. The molecule has 1 heterocycles. The van der Waals surface area contributed by atoms with Crippen LogP contribution in [0.5, 0.6) is 5.75 Å². The molecule has 1 aliphatic heterocycles. The SMILES string of the molecule is Cc1ccc(N2C(=O)NC(=O)/C(=C\c3cc(Br)c(OCC(=O)O)c(I)c3)C2=O)cc1. The van der Waals surface area contributed by atoms with Gasteiger partial charge in [0.1, 0.15) is 11.3 Å². The molecular weight excluding hydrogens is 571 g/mol. The Labute approximate surface area is 193 Å². The number of amides is 4. The van der Waals surface area contributed by atoms with Crippen LogP contribution in [0.15, 0.2) is 46.4 Å². The maximum atomic E-state index is 12.9. The smallest absolute Gasteiger partial charge is 0.341 e. The minimum absolute atomic E-state index is 0.211. The third kappa shape index (κ3) is 4.70. The molecule has 4 amide bonds. The van der Waals surface area contributed by atoms with Gasteiger partial charge in [-0.1, -0.05) is 17.7 Å². The molecule has 0 aromatic heterocycles. The number of benzene rings is 2. The van der Waals surface area contributed by atoms with Crippen molar-refractivity contribution < 1.29 is 29.0 Å². The second-order valence-corrected chi connectivity index (χ2v) is 8.31. The quantitative estimate of drug-likeness (QED) is 0.316. The van der Waals surface area contributed by atoms with E-state index in [1.165, 1.54) is 6.08 Å². The first kappa shape index (κ1) is 22.0. The predicted molar refractivity (Wildman–Crippen MR) is 120 cm³/mol. The lowest BCUT2D eigenvalue weighted by Gasteiger charge is -2.26. The maximum Gasteiger partial charge on any atom is 0.341 e. The van der Waals surface area contributed by atoms with E-state index in [1.807, 2.05) is 29.5 Å². The standard InChI is InChI=1S/C20H14BrIN2O6/c1-10-2-4-12(5-3-10)24-19(28)13(18(27)23-20(24)29)6-11-7-14(21)17(15(22)8-11)30-9-16(25)26/h2-8H,9H2,1H3,(H,25,26)(H,23,27,29)/b13-6+. The summed E-state index contributed by atoms with van der Waals surface area (Å²) >= 11 is 5.26. The van der Waals surface area contributed by atoms with Gasteiger partial charge in [0.25, 0.3) is 11.8 Å². The summed E-state index contributed by atoms with van der Waals surface area (Å²) in [4.78, 5) is 49.1. The number of hydrogen-bond acceptors (Lipinski definition) is 5. The van der Waals surface area contributed by atoms with Crippen molar-refractivity contribution >= 4 is 74.1 Å². The van der Waals surface area contributed by atoms with Crippen LogP contribution >= 0.6 is 38.5 Å². The number of carboxylic acid groups (broad SMARTS) is 1. The van der Waals surface area contributed by atoms with Crippen LogP contribution in [-0.4, -0.2) is 35.5 Å². The van der Waals surface area contributed by atoms with Gasteiger partial charge in [-0.3, -0.25) is 14.9 Å². The normalized spacial score (nSPS) is 15.4. The van der Waals surface area contributed by atoms with Crippen molar-refractivity contribution in [1.82, 2.24) is 5.32 Å². The van der Waals surface area contributed by atoms with E-state index < -0.39 is 30.4 Å². The van der Waals surface area contributed by atoms with Crippen LogP contribution in [-0.2, 0) is 14.4 Å². The molecular formula is C20H14BrIN2O6. The van der Waals surface area contributed by atoms with Crippen molar-refractivity contribution in [3.05, 3.63) is 61.1 Å². The van der Waals surface area contributed by atoms with E-state index in [0.717, 1.165) is 10.5 Å². The second-order valence-electron chi connectivity index (χ2n) is 6.29. The molecule has 0 unspecified atom stereocenters. The summed E-state index contributed by atoms with van der Waals surface area (Å²) in [7, 11) is 0. The second kappa shape index (κ2) is 8.96. The van der Waals surface area contributed by atoms with E-state index in [9.17, 15) is 19.2 Å². The Bertz CT molecular complexity index is 1070. The fourth-order valence-electron chi connectivity index (χ4n) is 2.69. The summed E-state index contributed by atoms with van der Waals surface area (Å²) in [5, 5.41) is 10.9. The number of carbonyl (C=O) groups excluding carboxylic acids is 3. The molecule has 0 aliphatic carbocycles. The van der Waals surface area contributed by atoms with Crippen molar-refractivity contribution in [3.63, 3.8) is 0 Å². The average molecular weight is 585 g/mol. The predicted octanol–water partition coefficient (Wildman–Crippen LogP) is 3.49. The molecule has 0 spiro atoms. The van der Waals surface area contributed by atoms with Crippen LogP contribution in [0.25, 0.3) is 6.08 Å². The molecule has 2 aromatic carbocycles. The van der Waals surface area contributed by atoms with Crippen LogP contribution in [0.3, 0.4) is 0 Å². The molecule has 0 radical (unpaired) electrons. The number of aryl methyl sites for hydroxylation is 1. The number of carbonyl (C=O) groups is 4. The third-order valence-electron chi connectivity index (χ3n) is 4.07. The first-order valence-electron chi connectivity index (χ1n) is 8.49. The van der Waals surface area contributed by atoms with Gasteiger partial charge in [-0.2, -0.15) is 0 Å². The molecule has 154 valence electrons. The molecule has 2 aromatic rings. The van der Waals surface area contributed by atoms with Gasteiger partial charge in [-0.05, 0) is 81.3 Å². The molecule has 1 saturated heterocycles. The average Bonchev–Trinajstić information content (AvgIpc) is 2.65. The van der Waals surface area contributed by atoms with E-state index in [4.69, 9.17) is 9.84 Å². The first-order valence-corrected chi connectivity index (χ1v) is 10.4. The molecule has 10 heteroatoms. The van der Waals surface area contributed by atoms with E-state index in [2.05, 4.69) is 21.2 Å². The number of urea groups is 1. The van der Waals surface area contributed by atoms with Crippen LogP contribution < -0.4 is 15.0 Å². The summed E-state index contributed by atoms with van der Waals surface area (Å²) in [6.45, 7) is 1.36. The summed E-state index contributed by atoms with van der Waals surface area (Å²) in [6.07, 6.45) is 1.36. The lowest BCUT2D eigenvalue weighted by Crippen LogP contribution is -2.54. The van der Waals surface area contributed by atoms with Gasteiger partial charge in [0, 0.05) is 0 Å². The summed E-state index contributed by atoms with van der Waals surface area (Å²) in [5.74, 6) is -2.33. The zero-order chi connectivity index (χ0) is 22.0. The maximum absolute atomic E-state index is 12.9. The molecule has 2 N–H and O–H groups in total. The Balaban J connectivity index is 1.96. The first-order chi connectivity index (χ1) is 14.2. The Kier molecular flexibility index (Phi) is 6.56. The summed E-state index contributed by atoms with van der Waals surface area (Å²) < 4.78 is 6.27. The van der Waals surface area contributed by atoms with Crippen molar-refractivity contribution in [1.29, 1.82) is 0 Å². The van der Waals surface area contributed by atoms with Crippen LogP contribution in [0.2, 0.25) is 0 Å². The summed E-state index contributed by atoms with van der Waals surface area (Å²) in [6, 6.07) is 9.14. The van der Waals surface area contributed by atoms with Crippen LogP contribution in [0.1, 0.15) is 11.1 Å². The van der Waals surface area contributed by atoms with Gasteiger partial charge in [0.05, 0.1) is 13.7 Å². The number of halogens is 2. The van der Waals surface area contributed by atoms with E-state index >= 15 is 0 Å². The number of carboxylic acids is 1. The number of imide groups is 2. The van der Waals surface area contributed by atoms with Crippen LogP contribution in [0, 0.1) is 10.5 Å². The monoisotopic (exact) mass is 584 g/mol. The number of aliphatic carboxylic acids is 1.